The molecule has 1 unspecified atom stereocenters. The van der Waals surface area contributed by atoms with E-state index in [1.54, 1.807) is 0 Å². The molecule has 4 aliphatic carbocycles. The van der Waals surface area contributed by atoms with Crippen LogP contribution in [0.3, 0.4) is 0 Å². The van der Waals surface area contributed by atoms with Crippen molar-refractivity contribution in [2.24, 2.45) is 23.2 Å². The Labute approximate surface area is 218 Å². The van der Waals surface area contributed by atoms with E-state index in [4.69, 9.17) is 11.6 Å². The zero-order valence-electron chi connectivity index (χ0n) is 20.4. The molecular formula is C27H30ClF3N4O2. The number of carbonyl (C=O) groups is 1. The molecule has 2 N–H and O–H groups in total. The number of aromatic nitrogens is 2. The minimum Gasteiger partial charge on any atom is -0.391 e. The fourth-order valence-electron chi connectivity index (χ4n) is 7.71. The van der Waals surface area contributed by atoms with Gasteiger partial charge in [-0.15, -0.1) is 0 Å². The van der Waals surface area contributed by atoms with Gasteiger partial charge in [0.15, 0.2) is 0 Å². The van der Waals surface area contributed by atoms with Crippen LogP contribution in [0.25, 0.3) is 0 Å². The number of rotatable bonds is 5. The van der Waals surface area contributed by atoms with Gasteiger partial charge in [0.1, 0.15) is 12.1 Å². The van der Waals surface area contributed by atoms with Crippen LogP contribution in [-0.2, 0) is 19.1 Å². The smallest absolute Gasteiger partial charge is 0.391 e. The Morgan fingerprint density at radius 2 is 1.84 bits per heavy atom. The minimum absolute atomic E-state index is 0.00226. The molecule has 0 spiro atoms. The Balaban J connectivity index is 1.15. The van der Waals surface area contributed by atoms with Crippen molar-refractivity contribution in [1.29, 1.82) is 0 Å². The highest BCUT2D eigenvalue weighted by molar-refractivity contribution is 6.33. The summed E-state index contributed by atoms with van der Waals surface area (Å²) >= 11 is 6.09. The second kappa shape index (κ2) is 9.12. The van der Waals surface area contributed by atoms with Crippen molar-refractivity contribution in [3.63, 3.8) is 0 Å². The van der Waals surface area contributed by atoms with Gasteiger partial charge < -0.3 is 15.3 Å². The molecule has 10 heteroatoms. The molecule has 2 heterocycles. The van der Waals surface area contributed by atoms with E-state index in [1.165, 1.54) is 30.5 Å². The molecule has 1 atom stereocenters. The first kappa shape index (κ1) is 24.9. The molecule has 4 saturated carbocycles. The maximum absolute atomic E-state index is 13.2. The lowest BCUT2D eigenvalue weighted by Gasteiger charge is -2.58. The van der Waals surface area contributed by atoms with Crippen molar-refractivity contribution >= 4 is 23.3 Å². The second-order valence-electron chi connectivity index (χ2n) is 11.5. The number of fused-ring (bicyclic) bond motifs is 1. The first-order chi connectivity index (χ1) is 17.6. The van der Waals surface area contributed by atoms with Gasteiger partial charge in [-0.25, -0.2) is 9.97 Å². The third-order valence-electron chi connectivity index (χ3n) is 9.07. The summed E-state index contributed by atoms with van der Waals surface area (Å²) in [6, 6.07) is 2.78. The molecule has 7 rings (SSSR count). The van der Waals surface area contributed by atoms with Gasteiger partial charge >= 0.3 is 6.18 Å². The van der Waals surface area contributed by atoms with Crippen LogP contribution in [0.2, 0.25) is 5.02 Å². The summed E-state index contributed by atoms with van der Waals surface area (Å²) in [5, 5.41) is 14.6. The van der Waals surface area contributed by atoms with Crippen molar-refractivity contribution in [2.45, 2.75) is 63.8 Å². The van der Waals surface area contributed by atoms with Gasteiger partial charge in [0.05, 0.1) is 34.5 Å². The summed E-state index contributed by atoms with van der Waals surface area (Å²) < 4.78 is 39.5. The predicted octanol–water partition coefficient (Wildman–Crippen LogP) is 5.34. The lowest BCUT2D eigenvalue weighted by atomic mass is 9.48. The summed E-state index contributed by atoms with van der Waals surface area (Å²) in [6.45, 7) is 0.867. The number of halogens is 4. The lowest BCUT2D eigenvalue weighted by molar-refractivity contribution is -0.137. The number of alkyl halides is 3. The average Bonchev–Trinajstić information content (AvgIpc) is 2.85. The third kappa shape index (κ3) is 4.58. The van der Waals surface area contributed by atoms with E-state index in [2.05, 4.69) is 15.3 Å². The number of hydrogen-bond donors (Lipinski definition) is 2. The largest absolute Gasteiger partial charge is 0.416 e. The van der Waals surface area contributed by atoms with E-state index >= 15 is 0 Å². The normalized spacial score (nSPS) is 29.2. The van der Waals surface area contributed by atoms with Gasteiger partial charge in [0, 0.05) is 18.7 Å². The maximum Gasteiger partial charge on any atom is 0.416 e. The van der Waals surface area contributed by atoms with Crippen LogP contribution in [0.5, 0.6) is 0 Å². The van der Waals surface area contributed by atoms with Crippen LogP contribution < -0.4 is 5.32 Å². The van der Waals surface area contributed by atoms with Crippen molar-refractivity contribution < 1.29 is 23.1 Å². The Bertz CT molecular complexity index is 1190. The molecule has 1 aliphatic heterocycles. The Morgan fingerprint density at radius 1 is 1.16 bits per heavy atom. The summed E-state index contributed by atoms with van der Waals surface area (Å²) in [5.41, 5.74) is 0.432. The zero-order chi connectivity index (χ0) is 25.9. The number of benzene rings is 1. The van der Waals surface area contributed by atoms with Crippen molar-refractivity contribution in [1.82, 2.24) is 14.9 Å². The predicted molar refractivity (Wildman–Crippen MR) is 132 cm³/mol. The fraction of sp³-hybridized carbons (Fsp3) is 0.593. The molecule has 1 aromatic carbocycles. The standard InChI is InChI=1S/C27H30ClF3N4O2/c28-21-2-1-18(27(29,30)31)8-20(21)25(37)35-4-3-19-22(13-35)33-14-34-24(19)32-12-23(36)26-9-15-5-16(10-26)7-17(6-15)11-26/h1-2,8,14-17,23,36H,3-7,9-13H2,(H,32,33,34). The highest BCUT2D eigenvalue weighted by Gasteiger charge is 2.53. The Hall–Kier alpha value is -2.39. The molecule has 0 radical (unpaired) electrons. The van der Waals surface area contributed by atoms with Crippen LogP contribution in [0, 0.1) is 23.2 Å². The van der Waals surface area contributed by atoms with Crippen LogP contribution in [0.1, 0.15) is 65.7 Å². The topological polar surface area (TPSA) is 78.4 Å². The molecule has 198 valence electrons. The van der Waals surface area contributed by atoms with E-state index in [1.807, 2.05) is 0 Å². The van der Waals surface area contributed by atoms with E-state index in [0.717, 1.165) is 60.8 Å². The van der Waals surface area contributed by atoms with Gasteiger partial charge in [0.2, 0.25) is 0 Å². The van der Waals surface area contributed by atoms with Crippen molar-refractivity contribution in [3.8, 4) is 0 Å². The van der Waals surface area contributed by atoms with E-state index < -0.39 is 23.8 Å². The van der Waals surface area contributed by atoms with Gasteiger partial charge in [-0.3, -0.25) is 4.79 Å². The number of nitrogens with zero attached hydrogens (tertiary/aromatic N) is 3. The molecule has 0 saturated heterocycles. The van der Waals surface area contributed by atoms with Gasteiger partial charge in [0.25, 0.3) is 5.91 Å². The molecule has 37 heavy (non-hydrogen) atoms. The summed E-state index contributed by atoms with van der Waals surface area (Å²) in [6.07, 6.45) is 4.15. The lowest BCUT2D eigenvalue weighted by Crippen LogP contribution is -2.53. The monoisotopic (exact) mass is 534 g/mol. The Kier molecular flexibility index (Phi) is 6.14. The van der Waals surface area contributed by atoms with E-state index in [0.29, 0.717) is 31.0 Å². The molecule has 4 bridgehead atoms. The molecule has 4 fully saturated rings. The average molecular weight is 535 g/mol. The van der Waals surface area contributed by atoms with Crippen molar-refractivity contribution in [2.75, 3.05) is 18.4 Å². The molecular weight excluding hydrogens is 505 g/mol. The Morgan fingerprint density at radius 3 is 2.49 bits per heavy atom. The van der Waals surface area contributed by atoms with Crippen LogP contribution >= 0.6 is 11.6 Å². The van der Waals surface area contributed by atoms with Crippen LogP contribution in [0.4, 0.5) is 19.0 Å². The zero-order valence-corrected chi connectivity index (χ0v) is 21.2. The van der Waals surface area contributed by atoms with Gasteiger partial charge in [-0.2, -0.15) is 13.2 Å². The number of amides is 1. The number of aliphatic hydroxyl groups excluding tert-OH is 1. The minimum atomic E-state index is -4.57. The van der Waals surface area contributed by atoms with Crippen molar-refractivity contribution in [3.05, 3.63) is 51.9 Å². The summed E-state index contributed by atoms with van der Waals surface area (Å²) in [4.78, 5) is 23.3. The summed E-state index contributed by atoms with van der Waals surface area (Å²) in [7, 11) is 0. The highest BCUT2D eigenvalue weighted by Crippen LogP contribution is 2.61. The number of carbonyl (C=O) groups excluding carboxylic acids is 1. The molecule has 6 nitrogen and oxygen atoms in total. The highest BCUT2D eigenvalue weighted by atomic mass is 35.5. The van der Waals surface area contributed by atoms with Gasteiger partial charge in [-0.05, 0) is 86.3 Å². The molecule has 1 aromatic heterocycles. The van der Waals surface area contributed by atoms with E-state index in [9.17, 15) is 23.1 Å². The van der Waals surface area contributed by atoms with Gasteiger partial charge in [-0.1, -0.05) is 11.6 Å². The number of nitrogens with one attached hydrogen (secondary N) is 1. The number of anilines is 1. The quantitative estimate of drug-likeness (QED) is 0.541. The third-order valence-corrected chi connectivity index (χ3v) is 9.40. The number of hydrogen-bond acceptors (Lipinski definition) is 5. The molecule has 1 amide bonds. The van der Waals surface area contributed by atoms with Crippen LogP contribution in [-0.4, -0.2) is 45.1 Å². The SMILES string of the molecule is O=C(c1cc(C(F)(F)F)ccc1Cl)N1CCc2c(ncnc2NCC(O)C23CC4CC(CC(C4)C2)C3)C1. The molecule has 5 aliphatic rings. The van der Waals surface area contributed by atoms with E-state index in [-0.39, 0.29) is 22.5 Å². The first-order valence-corrected chi connectivity index (χ1v) is 13.4. The van der Waals surface area contributed by atoms with Crippen LogP contribution in [0.15, 0.2) is 24.5 Å². The summed E-state index contributed by atoms with van der Waals surface area (Å²) in [5.74, 6) is 2.34. The fourth-order valence-corrected chi connectivity index (χ4v) is 7.91. The second-order valence-corrected chi connectivity index (χ2v) is 11.9. The first-order valence-electron chi connectivity index (χ1n) is 13.0. The number of aliphatic hydroxyl groups is 1. The molecule has 2 aromatic rings. The maximum atomic E-state index is 13.2.